The molecule has 0 aromatic carbocycles. The lowest BCUT2D eigenvalue weighted by Crippen LogP contribution is -2.55. The van der Waals surface area contributed by atoms with Crippen LogP contribution in [0.4, 0.5) is 0 Å². The summed E-state index contributed by atoms with van der Waals surface area (Å²) in [5.41, 5.74) is 0. The summed E-state index contributed by atoms with van der Waals surface area (Å²) in [4.78, 5) is 39.9. The second-order valence-corrected chi connectivity index (χ2v) is 4.95. The number of nitrogens with zero attached hydrogens (tertiary/aromatic N) is 3. The van der Waals surface area contributed by atoms with Crippen molar-refractivity contribution >= 4 is 17.7 Å². The van der Waals surface area contributed by atoms with E-state index in [4.69, 9.17) is 0 Å². The summed E-state index contributed by atoms with van der Waals surface area (Å²) in [7, 11) is 0. The second kappa shape index (κ2) is 6.01. The Kier molecular flexibility index (Phi) is 4.36. The van der Waals surface area contributed by atoms with Gasteiger partial charge in [-0.25, -0.2) is 0 Å². The van der Waals surface area contributed by atoms with Crippen molar-refractivity contribution in [2.24, 2.45) is 0 Å². The third-order valence-corrected chi connectivity index (χ3v) is 3.57. The smallest absolute Gasteiger partial charge is 0.239 e. The molecule has 3 amide bonds. The van der Waals surface area contributed by atoms with Crippen molar-refractivity contribution in [1.82, 2.24) is 20.0 Å². The minimum Gasteiger partial charge on any atom is -0.353 e. The van der Waals surface area contributed by atoms with Crippen molar-refractivity contribution in [3.8, 4) is 0 Å². The SMILES string of the molecule is CC(=O)N1CCN(CC(=O)N2CCNC(=O)C2)CC1. The van der Waals surface area contributed by atoms with Crippen LogP contribution in [0.3, 0.4) is 0 Å². The van der Waals surface area contributed by atoms with Crippen LogP contribution >= 0.6 is 0 Å². The summed E-state index contributed by atoms with van der Waals surface area (Å²) in [5, 5.41) is 2.70. The highest BCUT2D eigenvalue weighted by Crippen LogP contribution is 2.03. The topological polar surface area (TPSA) is 73.0 Å². The lowest BCUT2D eigenvalue weighted by molar-refractivity contribution is -0.139. The molecule has 0 aliphatic carbocycles. The molecule has 0 saturated carbocycles. The predicted molar refractivity (Wildman–Crippen MR) is 68.3 cm³/mol. The van der Waals surface area contributed by atoms with Crippen LogP contribution in [0.25, 0.3) is 0 Å². The summed E-state index contributed by atoms with van der Waals surface area (Å²) in [6.07, 6.45) is 0. The Bertz CT molecular complexity index is 377. The molecule has 106 valence electrons. The minimum absolute atomic E-state index is 0.00822. The molecule has 0 atom stereocenters. The largest absolute Gasteiger partial charge is 0.353 e. The molecular formula is C12H20N4O3. The number of carbonyl (C=O) groups excluding carboxylic acids is 3. The standard InChI is InChI=1S/C12H20N4O3/c1-10(17)15-6-4-14(5-7-15)9-12(19)16-3-2-13-11(18)8-16/h2-9H2,1H3,(H,13,18). The number of rotatable bonds is 2. The van der Waals surface area contributed by atoms with E-state index in [2.05, 4.69) is 5.32 Å². The Morgan fingerprint density at radius 2 is 1.79 bits per heavy atom. The van der Waals surface area contributed by atoms with E-state index < -0.39 is 0 Å². The fourth-order valence-corrected chi connectivity index (χ4v) is 2.36. The zero-order valence-corrected chi connectivity index (χ0v) is 11.2. The average Bonchev–Trinajstić information content (AvgIpc) is 2.39. The molecule has 2 fully saturated rings. The lowest BCUT2D eigenvalue weighted by atomic mass is 10.3. The number of hydrogen-bond acceptors (Lipinski definition) is 4. The maximum Gasteiger partial charge on any atom is 0.239 e. The molecule has 2 rings (SSSR count). The Morgan fingerprint density at radius 1 is 1.11 bits per heavy atom. The summed E-state index contributed by atoms with van der Waals surface area (Å²) in [5.74, 6) is -0.0224. The molecular weight excluding hydrogens is 248 g/mol. The van der Waals surface area contributed by atoms with Gasteiger partial charge < -0.3 is 15.1 Å². The minimum atomic E-state index is -0.0963. The molecule has 0 spiro atoms. The van der Waals surface area contributed by atoms with Gasteiger partial charge in [0.15, 0.2) is 0 Å². The van der Waals surface area contributed by atoms with Gasteiger partial charge in [-0.2, -0.15) is 0 Å². The molecule has 7 nitrogen and oxygen atoms in total. The van der Waals surface area contributed by atoms with Crippen LogP contribution in [0, 0.1) is 0 Å². The first kappa shape index (κ1) is 13.8. The summed E-state index contributed by atoms with van der Waals surface area (Å²) in [6, 6.07) is 0. The molecule has 7 heteroatoms. The van der Waals surface area contributed by atoms with E-state index in [1.807, 2.05) is 4.90 Å². The van der Waals surface area contributed by atoms with E-state index in [0.717, 1.165) is 0 Å². The molecule has 2 aliphatic heterocycles. The number of hydrogen-bond donors (Lipinski definition) is 1. The summed E-state index contributed by atoms with van der Waals surface area (Å²) < 4.78 is 0. The zero-order valence-electron chi connectivity index (χ0n) is 11.2. The van der Waals surface area contributed by atoms with Gasteiger partial charge in [0.1, 0.15) is 0 Å². The van der Waals surface area contributed by atoms with Gasteiger partial charge in [-0.3, -0.25) is 19.3 Å². The molecule has 1 N–H and O–H groups in total. The number of carbonyl (C=O) groups is 3. The van der Waals surface area contributed by atoms with Gasteiger partial charge in [0.2, 0.25) is 17.7 Å². The molecule has 0 aromatic rings. The van der Waals surface area contributed by atoms with Gasteiger partial charge >= 0.3 is 0 Å². The average molecular weight is 268 g/mol. The van der Waals surface area contributed by atoms with Gasteiger partial charge in [0.05, 0.1) is 13.1 Å². The van der Waals surface area contributed by atoms with Crippen molar-refractivity contribution in [2.75, 3.05) is 52.4 Å². The summed E-state index contributed by atoms with van der Waals surface area (Å²) >= 11 is 0. The molecule has 0 unspecified atom stereocenters. The highest BCUT2D eigenvalue weighted by molar-refractivity contribution is 5.86. The Labute approximate surface area is 112 Å². The van der Waals surface area contributed by atoms with Crippen LogP contribution in [-0.4, -0.2) is 84.8 Å². The van der Waals surface area contributed by atoms with Gasteiger partial charge in [-0.15, -0.1) is 0 Å². The number of amides is 3. The van der Waals surface area contributed by atoms with Crippen molar-refractivity contribution in [3.63, 3.8) is 0 Å². The summed E-state index contributed by atoms with van der Waals surface area (Å²) in [6.45, 7) is 5.93. The monoisotopic (exact) mass is 268 g/mol. The first-order chi connectivity index (χ1) is 9.06. The third-order valence-electron chi connectivity index (χ3n) is 3.57. The molecule has 2 saturated heterocycles. The van der Waals surface area contributed by atoms with Gasteiger partial charge in [-0.1, -0.05) is 0 Å². The number of nitrogens with one attached hydrogen (secondary N) is 1. The van der Waals surface area contributed by atoms with Gasteiger partial charge in [0, 0.05) is 46.2 Å². The van der Waals surface area contributed by atoms with Crippen LogP contribution in [0.2, 0.25) is 0 Å². The van der Waals surface area contributed by atoms with E-state index in [9.17, 15) is 14.4 Å². The highest BCUT2D eigenvalue weighted by Gasteiger charge is 2.25. The molecule has 0 aromatic heterocycles. The first-order valence-electron chi connectivity index (χ1n) is 6.58. The quantitative estimate of drug-likeness (QED) is 0.635. The lowest BCUT2D eigenvalue weighted by Gasteiger charge is -2.35. The first-order valence-corrected chi connectivity index (χ1v) is 6.58. The van der Waals surface area contributed by atoms with E-state index >= 15 is 0 Å². The molecule has 2 aliphatic rings. The fourth-order valence-electron chi connectivity index (χ4n) is 2.36. The molecule has 0 bridgehead atoms. The second-order valence-electron chi connectivity index (χ2n) is 4.95. The van der Waals surface area contributed by atoms with Gasteiger partial charge in [0.25, 0.3) is 0 Å². The molecule has 2 heterocycles. The Hall–Kier alpha value is -1.63. The van der Waals surface area contributed by atoms with Gasteiger partial charge in [-0.05, 0) is 0 Å². The van der Waals surface area contributed by atoms with E-state index in [1.54, 1.807) is 16.7 Å². The van der Waals surface area contributed by atoms with Crippen LogP contribution in [-0.2, 0) is 14.4 Å². The molecule has 19 heavy (non-hydrogen) atoms. The Morgan fingerprint density at radius 3 is 2.37 bits per heavy atom. The highest BCUT2D eigenvalue weighted by atomic mass is 16.2. The molecule has 0 radical (unpaired) electrons. The van der Waals surface area contributed by atoms with E-state index in [-0.39, 0.29) is 24.3 Å². The Balaban J connectivity index is 1.77. The van der Waals surface area contributed by atoms with Crippen LogP contribution in [0.5, 0.6) is 0 Å². The van der Waals surface area contributed by atoms with Crippen LogP contribution < -0.4 is 5.32 Å². The predicted octanol–water partition coefficient (Wildman–Crippen LogP) is -1.89. The normalized spacial score (nSPS) is 21.2. The number of piperazine rings is 2. The van der Waals surface area contributed by atoms with Crippen molar-refractivity contribution in [3.05, 3.63) is 0 Å². The van der Waals surface area contributed by atoms with E-state index in [1.165, 1.54) is 0 Å². The maximum atomic E-state index is 12.1. The zero-order chi connectivity index (χ0) is 13.8. The third kappa shape index (κ3) is 3.66. The van der Waals surface area contributed by atoms with Crippen molar-refractivity contribution in [1.29, 1.82) is 0 Å². The fraction of sp³-hybridized carbons (Fsp3) is 0.750. The van der Waals surface area contributed by atoms with E-state index in [0.29, 0.717) is 45.8 Å². The van der Waals surface area contributed by atoms with Crippen LogP contribution in [0.1, 0.15) is 6.92 Å². The van der Waals surface area contributed by atoms with Crippen molar-refractivity contribution < 1.29 is 14.4 Å². The van der Waals surface area contributed by atoms with Crippen molar-refractivity contribution in [2.45, 2.75) is 6.92 Å². The van der Waals surface area contributed by atoms with Crippen LogP contribution in [0.15, 0.2) is 0 Å². The maximum absolute atomic E-state index is 12.1.